The normalized spacial score (nSPS) is 11.3. The smallest absolute Gasteiger partial charge is 0.406 e. The van der Waals surface area contributed by atoms with Crippen LogP contribution >= 0.6 is 12.2 Å². The molecule has 0 saturated heterocycles. The Morgan fingerprint density at radius 2 is 1.86 bits per heavy atom. The minimum atomic E-state index is -4.68. The lowest BCUT2D eigenvalue weighted by atomic mass is 10.3. The van der Waals surface area contributed by atoms with Gasteiger partial charge in [-0.3, -0.25) is 0 Å². The number of halogens is 3. The van der Waals surface area contributed by atoms with E-state index in [2.05, 4.69) is 20.3 Å². The van der Waals surface area contributed by atoms with Gasteiger partial charge in [-0.2, -0.15) is 0 Å². The molecule has 0 aromatic heterocycles. The fourth-order valence-corrected chi connectivity index (χ4v) is 1.73. The molecular weight excluding hydrogens is 303 g/mol. The first kappa shape index (κ1) is 17.5. The zero-order valence-electron chi connectivity index (χ0n) is 11.8. The molecule has 1 aromatic carbocycles. The molecule has 0 atom stereocenters. The predicted octanol–water partition coefficient (Wildman–Crippen LogP) is 2.82. The third-order valence-electron chi connectivity index (χ3n) is 2.41. The Hall–Kier alpha value is -1.54. The van der Waals surface area contributed by atoms with E-state index in [0.717, 1.165) is 19.5 Å². The summed E-state index contributed by atoms with van der Waals surface area (Å²) in [5, 5.41) is 6.34. The zero-order chi connectivity index (χ0) is 15.9. The van der Waals surface area contributed by atoms with Crippen molar-refractivity contribution in [3.63, 3.8) is 0 Å². The van der Waals surface area contributed by atoms with Gasteiger partial charge in [-0.05, 0) is 63.5 Å². The SMILES string of the molecule is CN(C)CCCNC(=S)Nc1ccc(OC(F)(F)F)cc1. The molecule has 0 fully saturated rings. The minimum absolute atomic E-state index is 0.266. The van der Waals surface area contributed by atoms with Gasteiger partial charge in [0.05, 0.1) is 0 Å². The third kappa shape index (κ3) is 8.36. The van der Waals surface area contributed by atoms with Crippen LogP contribution in [-0.4, -0.2) is 43.6 Å². The highest BCUT2D eigenvalue weighted by molar-refractivity contribution is 7.80. The van der Waals surface area contributed by atoms with Crippen LogP contribution < -0.4 is 15.4 Å². The number of thiocarbonyl (C=S) groups is 1. The fourth-order valence-electron chi connectivity index (χ4n) is 1.51. The number of hydrogen-bond acceptors (Lipinski definition) is 3. The molecule has 0 aliphatic carbocycles. The van der Waals surface area contributed by atoms with Gasteiger partial charge >= 0.3 is 6.36 Å². The van der Waals surface area contributed by atoms with E-state index in [1.54, 1.807) is 0 Å². The molecule has 0 saturated carbocycles. The van der Waals surface area contributed by atoms with Gasteiger partial charge in [-0.15, -0.1) is 13.2 Å². The Balaban J connectivity index is 2.36. The van der Waals surface area contributed by atoms with Crippen molar-refractivity contribution in [3.05, 3.63) is 24.3 Å². The molecule has 2 N–H and O–H groups in total. The number of ether oxygens (including phenoxy) is 1. The van der Waals surface area contributed by atoms with Crippen LogP contribution in [0.15, 0.2) is 24.3 Å². The van der Waals surface area contributed by atoms with Gasteiger partial charge in [0.2, 0.25) is 0 Å². The first-order valence-electron chi connectivity index (χ1n) is 6.31. The quantitative estimate of drug-likeness (QED) is 0.622. The van der Waals surface area contributed by atoms with Gasteiger partial charge in [0.25, 0.3) is 0 Å². The zero-order valence-corrected chi connectivity index (χ0v) is 12.6. The highest BCUT2D eigenvalue weighted by Gasteiger charge is 2.30. The van der Waals surface area contributed by atoms with Gasteiger partial charge < -0.3 is 20.3 Å². The average molecular weight is 321 g/mol. The molecule has 118 valence electrons. The molecule has 1 rings (SSSR count). The summed E-state index contributed by atoms with van der Waals surface area (Å²) in [6, 6.07) is 5.39. The van der Waals surface area contributed by atoms with Crippen molar-refractivity contribution in [2.24, 2.45) is 0 Å². The number of alkyl halides is 3. The molecule has 0 radical (unpaired) electrons. The maximum absolute atomic E-state index is 12.0. The molecule has 0 spiro atoms. The minimum Gasteiger partial charge on any atom is -0.406 e. The molecule has 4 nitrogen and oxygen atoms in total. The summed E-state index contributed by atoms with van der Waals surface area (Å²) in [7, 11) is 3.97. The Morgan fingerprint density at radius 3 is 2.38 bits per heavy atom. The summed E-state index contributed by atoms with van der Waals surface area (Å²) in [5.41, 5.74) is 0.592. The predicted molar refractivity (Wildman–Crippen MR) is 80.5 cm³/mol. The lowest BCUT2D eigenvalue weighted by Gasteiger charge is -2.13. The summed E-state index contributed by atoms with van der Waals surface area (Å²) in [5.74, 6) is -0.266. The van der Waals surface area contributed by atoms with E-state index in [9.17, 15) is 13.2 Å². The van der Waals surface area contributed by atoms with Gasteiger partial charge in [-0.25, -0.2) is 0 Å². The Bertz CT molecular complexity index is 449. The molecule has 0 unspecified atom stereocenters. The summed E-state index contributed by atoms with van der Waals surface area (Å²) >= 11 is 5.09. The largest absolute Gasteiger partial charge is 0.573 e. The molecule has 0 bridgehead atoms. The summed E-state index contributed by atoms with van der Waals surface area (Å²) < 4.78 is 39.8. The molecule has 0 aliphatic rings. The number of anilines is 1. The van der Waals surface area contributed by atoms with E-state index in [1.807, 2.05) is 14.1 Å². The van der Waals surface area contributed by atoms with Crippen LogP contribution in [0.2, 0.25) is 0 Å². The van der Waals surface area contributed by atoms with E-state index in [0.29, 0.717) is 10.8 Å². The van der Waals surface area contributed by atoms with E-state index in [1.165, 1.54) is 24.3 Å². The van der Waals surface area contributed by atoms with Gasteiger partial charge in [0, 0.05) is 12.2 Å². The maximum Gasteiger partial charge on any atom is 0.573 e. The molecule has 0 heterocycles. The number of benzene rings is 1. The monoisotopic (exact) mass is 321 g/mol. The van der Waals surface area contributed by atoms with Crippen molar-refractivity contribution in [2.75, 3.05) is 32.5 Å². The van der Waals surface area contributed by atoms with Crippen molar-refractivity contribution >= 4 is 23.0 Å². The van der Waals surface area contributed by atoms with Gasteiger partial charge in [-0.1, -0.05) is 0 Å². The summed E-state index contributed by atoms with van der Waals surface area (Å²) in [4.78, 5) is 2.07. The Morgan fingerprint density at radius 1 is 1.24 bits per heavy atom. The first-order chi connectivity index (χ1) is 9.76. The van der Waals surface area contributed by atoms with Crippen molar-refractivity contribution in [1.82, 2.24) is 10.2 Å². The van der Waals surface area contributed by atoms with Crippen LogP contribution in [0.5, 0.6) is 5.75 Å². The van der Waals surface area contributed by atoms with Crippen LogP contribution in [0.1, 0.15) is 6.42 Å². The lowest BCUT2D eigenvalue weighted by Crippen LogP contribution is -2.30. The van der Waals surface area contributed by atoms with Crippen molar-refractivity contribution in [2.45, 2.75) is 12.8 Å². The van der Waals surface area contributed by atoms with Crippen molar-refractivity contribution < 1.29 is 17.9 Å². The van der Waals surface area contributed by atoms with E-state index < -0.39 is 6.36 Å². The van der Waals surface area contributed by atoms with Crippen LogP contribution in [0.3, 0.4) is 0 Å². The molecule has 0 aliphatic heterocycles. The summed E-state index contributed by atoms with van der Waals surface area (Å²) in [6.45, 7) is 1.67. The second kappa shape index (κ2) is 8.04. The van der Waals surface area contributed by atoms with Crippen LogP contribution in [0.25, 0.3) is 0 Å². The molecule has 1 aromatic rings. The molecule has 8 heteroatoms. The first-order valence-corrected chi connectivity index (χ1v) is 6.72. The van der Waals surface area contributed by atoms with Crippen LogP contribution in [0.4, 0.5) is 18.9 Å². The average Bonchev–Trinajstić information content (AvgIpc) is 2.35. The topological polar surface area (TPSA) is 36.5 Å². The lowest BCUT2D eigenvalue weighted by molar-refractivity contribution is -0.274. The van der Waals surface area contributed by atoms with Gasteiger partial charge in [0.1, 0.15) is 5.75 Å². The molecule has 21 heavy (non-hydrogen) atoms. The van der Waals surface area contributed by atoms with E-state index >= 15 is 0 Å². The van der Waals surface area contributed by atoms with E-state index in [-0.39, 0.29) is 5.75 Å². The number of rotatable bonds is 6. The standard InChI is InChI=1S/C13H18F3N3OS/c1-19(2)9-3-8-17-12(21)18-10-4-6-11(7-5-10)20-13(14,15)16/h4-7H,3,8-9H2,1-2H3,(H2,17,18,21). The highest BCUT2D eigenvalue weighted by Crippen LogP contribution is 2.23. The molecule has 0 amide bonds. The van der Waals surface area contributed by atoms with Crippen molar-refractivity contribution in [3.8, 4) is 5.75 Å². The van der Waals surface area contributed by atoms with Gasteiger partial charge in [0.15, 0.2) is 5.11 Å². The second-order valence-corrected chi connectivity index (χ2v) is 5.02. The number of nitrogens with one attached hydrogen (secondary N) is 2. The van der Waals surface area contributed by atoms with Crippen LogP contribution in [-0.2, 0) is 0 Å². The van der Waals surface area contributed by atoms with Crippen LogP contribution in [0, 0.1) is 0 Å². The molecular formula is C13H18F3N3OS. The van der Waals surface area contributed by atoms with Crippen molar-refractivity contribution in [1.29, 1.82) is 0 Å². The Labute approximate surface area is 127 Å². The Kier molecular flexibility index (Phi) is 6.70. The highest BCUT2D eigenvalue weighted by atomic mass is 32.1. The van der Waals surface area contributed by atoms with E-state index in [4.69, 9.17) is 12.2 Å². The third-order valence-corrected chi connectivity index (χ3v) is 2.66. The maximum atomic E-state index is 12.0. The number of nitrogens with zero attached hydrogens (tertiary/aromatic N) is 1. The summed E-state index contributed by atoms with van der Waals surface area (Å²) in [6.07, 6.45) is -3.74. The second-order valence-electron chi connectivity index (χ2n) is 4.61. The fraction of sp³-hybridized carbons (Fsp3) is 0.462. The number of hydrogen-bond donors (Lipinski definition) is 2.